The Hall–Kier alpha value is -0.610. The van der Waals surface area contributed by atoms with Crippen LogP contribution < -0.4 is 10.6 Å². The first-order chi connectivity index (χ1) is 8.13. The van der Waals surface area contributed by atoms with Gasteiger partial charge < -0.3 is 15.7 Å². The number of carbonyl (C=O) groups is 1. The molecule has 0 atom stereocenters. The minimum Gasteiger partial charge on any atom is -0.394 e. The van der Waals surface area contributed by atoms with Crippen molar-refractivity contribution in [3.05, 3.63) is 0 Å². The van der Waals surface area contributed by atoms with Gasteiger partial charge in [-0.1, -0.05) is 6.92 Å². The molecule has 1 amide bonds. The minimum atomic E-state index is -0.352. The number of rotatable bonds is 5. The van der Waals surface area contributed by atoms with Gasteiger partial charge in [-0.3, -0.25) is 4.79 Å². The number of hydrogen-bond donors (Lipinski definition) is 3. The largest absolute Gasteiger partial charge is 0.394 e. The number of nitrogens with one attached hydrogen (secondary N) is 2. The lowest BCUT2D eigenvalue weighted by Gasteiger charge is -2.38. The van der Waals surface area contributed by atoms with Crippen molar-refractivity contribution < 1.29 is 9.90 Å². The van der Waals surface area contributed by atoms with Crippen LogP contribution in [0.15, 0.2) is 0 Å². The maximum atomic E-state index is 11.8. The Bertz CT molecular complexity index is 269. The van der Waals surface area contributed by atoms with Crippen molar-refractivity contribution in [2.45, 2.75) is 57.0 Å². The summed E-state index contributed by atoms with van der Waals surface area (Å²) < 4.78 is 0. The zero-order valence-electron chi connectivity index (χ0n) is 10.7. The topological polar surface area (TPSA) is 61.4 Å². The normalized spacial score (nSPS) is 33.4. The second kappa shape index (κ2) is 5.36. The molecule has 0 unspecified atom stereocenters. The summed E-state index contributed by atoms with van der Waals surface area (Å²) in [5.41, 5.74) is -0.352. The highest BCUT2D eigenvalue weighted by atomic mass is 16.3. The van der Waals surface area contributed by atoms with E-state index in [1.807, 2.05) is 0 Å². The van der Waals surface area contributed by atoms with Crippen molar-refractivity contribution in [1.82, 2.24) is 10.6 Å². The van der Waals surface area contributed by atoms with Gasteiger partial charge >= 0.3 is 0 Å². The molecule has 2 rings (SSSR count). The molecule has 0 heterocycles. The molecule has 0 aromatic heterocycles. The van der Waals surface area contributed by atoms with Gasteiger partial charge in [-0.2, -0.15) is 0 Å². The number of aliphatic hydroxyl groups excluding tert-OH is 1. The fourth-order valence-electron chi connectivity index (χ4n) is 2.50. The van der Waals surface area contributed by atoms with Crippen molar-refractivity contribution >= 4 is 5.91 Å². The van der Waals surface area contributed by atoms with Crippen molar-refractivity contribution in [1.29, 1.82) is 0 Å². The van der Waals surface area contributed by atoms with Crippen LogP contribution in [0.4, 0.5) is 0 Å². The number of amides is 1. The van der Waals surface area contributed by atoms with Gasteiger partial charge in [0, 0.05) is 6.04 Å². The second-order valence-corrected chi connectivity index (χ2v) is 5.82. The SMILES string of the molecule is CC1CCC(CO)(NC(=O)CNC2CC2)CC1. The van der Waals surface area contributed by atoms with E-state index < -0.39 is 0 Å². The zero-order chi connectivity index (χ0) is 12.3. The summed E-state index contributed by atoms with van der Waals surface area (Å²) in [5, 5.41) is 15.8. The third-order valence-corrected chi connectivity index (χ3v) is 4.07. The molecule has 3 N–H and O–H groups in total. The summed E-state index contributed by atoms with van der Waals surface area (Å²) in [6.45, 7) is 2.69. The van der Waals surface area contributed by atoms with E-state index in [9.17, 15) is 9.90 Å². The molecule has 0 spiro atoms. The molecule has 0 aromatic rings. The second-order valence-electron chi connectivity index (χ2n) is 5.82. The molecule has 2 fully saturated rings. The van der Waals surface area contributed by atoms with Crippen molar-refractivity contribution in [3.63, 3.8) is 0 Å². The van der Waals surface area contributed by atoms with Gasteiger partial charge in [0.1, 0.15) is 0 Å². The Labute approximate surface area is 103 Å². The van der Waals surface area contributed by atoms with E-state index in [1.54, 1.807) is 0 Å². The summed E-state index contributed by atoms with van der Waals surface area (Å²) >= 11 is 0. The molecule has 2 aliphatic rings. The van der Waals surface area contributed by atoms with Gasteiger partial charge in [-0.05, 0) is 44.4 Å². The van der Waals surface area contributed by atoms with E-state index in [-0.39, 0.29) is 18.1 Å². The Morgan fingerprint density at radius 1 is 1.29 bits per heavy atom. The average molecular weight is 240 g/mol. The van der Waals surface area contributed by atoms with Crippen molar-refractivity contribution in [2.24, 2.45) is 5.92 Å². The summed E-state index contributed by atoms with van der Waals surface area (Å²) in [6, 6.07) is 0.553. The van der Waals surface area contributed by atoms with Crippen LogP contribution in [0.3, 0.4) is 0 Å². The fraction of sp³-hybridized carbons (Fsp3) is 0.923. The lowest BCUT2D eigenvalue weighted by molar-refractivity contribution is -0.123. The van der Waals surface area contributed by atoms with Gasteiger partial charge in [0.2, 0.25) is 5.91 Å². The van der Waals surface area contributed by atoms with Gasteiger partial charge in [-0.25, -0.2) is 0 Å². The maximum absolute atomic E-state index is 11.8. The maximum Gasteiger partial charge on any atom is 0.234 e. The van der Waals surface area contributed by atoms with Crippen molar-refractivity contribution in [2.75, 3.05) is 13.2 Å². The van der Waals surface area contributed by atoms with E-state index in [4.69, 9.17) is 0 Å². The first-order valence-electron chi connectivity index (χ1n) is 6.79. The van der Waals surface area contributed by atoms with E-state index in [0.717, 1.165) is 31.6 Å². The van der Waals surface area contributed by atoms with Crippen LogP contribution in [-0.2, 0) is 4.79 Å². The average Bonchev–Trinajstić information content (AvgIpc) is 3.14. The van der Waals surface area contributed by atoms with Crippen molar-refractivity contribution in [3.8, 4) is 0 Å². The smallest absolute Gasteiger partial charge is 0.234 e. The summed E-state index contributed by atoms with van der Waals surface area (Å²) in [4.78, 5) is 11.8. The number of aliphatic hydroxyl groups is 1. The molecule has 0 aliphatic heterocycles. The minimum absolute atomic E-state index is 0.0282. The van der Waals surface area contributed by atoms with Crippen LogP contribution in [-0.4, -0.2) is 35.7 Å². The third kappa shape index (κ3) is 3.68. The summed E-state index contributed by atoms with van der Waals surface area (Å²) in [7, 11) is 0. The molecule has 2 saturated carbocycles. The number of carbonyl (C=O) groups excluding carboxylic acids is 1. The molecular formula is C13H24N2O2. The van der Waals surface area contributed by atoms with Crippen LogP contribution in [0.2, 0.25) is 0 Å². The van der Waals surface area contributed by atoms with Crippen LogP contribution >= 0.6 is 0 Å². The predicted octanol–water partition coefficient (Wildman–Crippen LogP) is 0.796. The predicted molar refractivity (Wildman–Crippen MR) is 66.6 cm³/mol. The molecule has 4 nitrogen and oxygen atoms in total. The van der Waals surface area contributed by atoms with Crippen LogP contribution in [0.5, 0.6) is 0 Å². The first kappa shape index (κ1) is 12.8. The van der Waals surface area contributed by atoms with E-state index in [1.165, 1.54) is 12.8 Å². The van der Waals surface area contributed by atoms with E-state index in [2.05, 4.69) is 17.6 Å². The molecule has 2 aliphatic carbocycles. The summed E-state index contributed by atoms with van der Waals surface area (Å²) in [5.74, 6) is 0.747. The van der Waals surface area contributed by atoms with Gasteiger partial charge in [0.05, 0.1) is 18.7 Å². The molecule has 0 saturated heterocycles. The molecule has 17 heavy (non-hydrogen) atoms. The molecule has 0 bridgehead atoms. The zero-order valence-corrected chi connectivity index (χ0v) is 10.7. The van der Waals surface area contributed by atoms with Gasteiger partial charge in [-0.15, -0.1) is 0 Å². The highest BCUT2D eigenvalue weighted by Crippen LogP contribution is 2.31. The molecule has 98 valence electrons. The molecule has 4 heteroatoms. The van der Waals surface area contributed by atoms with E-state index in [0.29, 0.717) is 12.6 Å². The molecule has 0 radical (unpaired) electrons. The van der Waals surface area contributed by atoms with Crippen LogP contribution in [0.25, 0.3) is 0 Å². The third-order valence-electron chi connectivity index (χ3n) is 4.07. The highest BCUT2D eigenvalue weighted by molar-refractivity contribution is 5.79. The van der Waals surface area contributed by atoms with E-state index >= 15 is 0 Å². The lowest BCUT2D eigenvalue weighted by Crippen LogP contribution is -2.55. The van der Waals surface area contributed by atoms with Crippen LogP contribution in [0, 0.1) is 5.92 Å². The Morgan fingerprint density at radius 2 is 1.94 bits per heavy atom. The van der Waals surface area contributed by atoms with Gasteiger partial charge in [0.25, 0.3) is 0 Å². The monoisotopic (exact) mass is 240 g/mol. The quantitative estimate of drug-likeness (QED) is 0.666. The first-order valence-corrected chi connectivity index (χ1v) is 6.79. The Kier molecular flexibility index (Phi) is 4.05. The standard InChI is InChI=1S/C13H24N2O2/c1-10-4-6-13(9-16,7-5-10)15-12(17)8-14-11-2-3-11/h10-11,14,16H,2-9H2,1H3,(H,15,17). The van der Waals surface area contributed by atoms with Gasteiger partial charge in [0.15, 0.2) is 0 Å². The summed E-state index contributed by atoms with van der Waals surface area (Å²) in [6.07, 6.45) is 6.37. The Balaban J connectivity index is 1.78. The number of hydrogen-bond acceptors (Lipinski definition) is 3. The molecule has 0 aromatic carbocycles. The van der Waals surface area contributed by atoms with Crippen LogP contribution in [0.1, 0.15) is 45.4 Å². The lowest BCUT2D eigenvalue weighted by atomic mass is 9.77. The highest BCUT2D eigenvalue weighted by Gasteiger charge is 2.35. The Morgan fingerprint density at radius 3 is 2.47 bits per heavy atom. The molecular weight excluding hydrogens is 216 g/mol. The fourth-order valence-corrected chi connectivity index (χ4v) is 2.50.